The maximum absolute atomic E-state index is 12.4. The number of hydrogen-bond acceptors (Lipinski definition) is 2. The van der Waals surface area contributed by atoms with Crippen molar-refractivity contribution >= 4 is 5.91 Å². The molecule has 1 aliphatic rings. The van der Waals surface area contributed by atoms with Crippen LogP contribution in [-0.2, 0) is 11.2 Å². The van der Waals surface area contributed by atoms with Crippen LogP contribution in [0.1, 0.15) is 29.2 Å². The molecule has 1 heterocycles. The predicted molar refractivity (Wildman–Crippen MR) is 78.4 cm³/mol. The van der Waals surface area contributed by atoms with E-state index in [2.05, 4.69) is 45.1 Å². The number of aryl methyl sites for hydroxylation is 1. The van der Waals surface area contributed by atoms with E-state index >= 15 is 0 Å². The van der Waals surface area contributed by atoms with Crippen molar-refractivity contribution in [2.24, 2.45) is 0 Å². The first-order chi connectivity index (χ1) is 9.00. The molecule has 0 saturated carbocycles. The SMILES string of the molecule is Cc1ccc(CC(=O)N2CCNCC2C)c(C)c1C. The van der Waals surface area contributed by atoms with Gasteiger partial charge in [-0.2, -0.15) is 0 Å². The maximum atomic E-state index is 12.4. The third kappa shape index (κ3) is 2.98. The van der Waals surface area contributed by atoms with Crippen molar-refractivity contribution in [2.45, 2.75) is 40.2 Å². The molecule has 0 aliphatic carbocycles. The first-order valence-electron chi connectivity index (χ1n) is 7.06. The molecule has 2 rings (SSSR count). The number of carbonyl (C=O) groups is 1. The van der Waals surface area contributed by atoms with Gasteiger partial charge in [-0.3, -0.25) is 4.79 Å². The molecule has 104 valence electrons. The second-order valence-corrected chi connectivity index (χ2v) is 5.61. The summed E-state index contributed by atoms with van der Waals surface area (Å²) >= 11 is 0. The van der Waals surface area contributed by atoms with E-state index in [-0.39, 0.29) is 5.91 Å². The molecule has 0 spiro atoms. The topological polar surface area (TPSA) is 32.3 Å². The van der Waals surface area contributed by atoms with Gasteiger partial charge in [-0.05, 0) is 49.9 Å². The van der Waals surface area contributed by atoms with E-state index < -0.39 is 0 Å². The highest BCUT2D eigenvalue weighted by atomic mass is 16.2. The molecule has 1 atom stereocenters. The number of hydrogen-bond donors (Lipinski definition) is 1. The summed E-state index contributed by atoms with van der Waals surface area (Å²) < 4.78 is 0. The normalized spacial score (nSPS) is 19.6. The van der Waals surface area contributed by atoms with Crippen LogP contribution in [0.3, 0.4) is 0 Å². The molecule has 1 amide bonds. The average molecular weight is 260 g/mol. The predicted octanol–water partition coefficient (Wildman–Crippen LogP) is 1.97. The Balaban J connectivity index is 2.12. The minimum atomic E-state index is 0.250. The molecule has 1 unspecified atom stereocenters. The van der Waals surface area contributed by atoms with Gasteiger partial charge in [-0.15, -0.1) is 0 Å². The van der Waals surface area contributed by atoms with E-state index in [0.717, 1.165) is 19.6 Å². The second-order valence-electron chi connectivity index (χ2n) is 5.61. The van der Waals surface area contributed by atoms with Crippen molar-refractivity contribution < 1.29 is 4.79 Å². The summed E-state index contributed by atoms with van der Waals surface area (Å²) in [7, 11) is 0. The highest BCUT2D eigenvalue weighted by Gasteiger charge is 2.23. The van der Waals surface area contributed by atoms with E-state index in [1.807, 2.05) is 4.90 Å². The molecule has 0 bridgehead atoms. The number of benzene rings is 1. The smallest absolute Gasteiger partial charge is 0.227 e. The Bertz CT molecular complexity index is 482. The van der Waals surface area contributed by atoms with Gasteiger partial charge in [0.2, 0.25) is 5.91 Å². The Hall–Kier alpha value is -1.35. The van der Waals surface area contributed by atoms with Gasteiger partial charge in [0.1, 0.15) is 0 Å². The molecular weight excluding hydrogens is 236 g/mol. The standard InChI is InChI=1S/C16H24N2O/c1-11-5-6-15(14(4)13(11)3)9-16(19)18-8-7-17-10-12(18)2/h5-6,12,17H,7-10H2,1-4H3. The van der Waals surface area contributed by atoms with Crippen LogP contribution < -0.4 is 5.32 Å². The summed E-state index contributed by atoms with van der Waals surface area (Å²) in [5.41, 5.74) is 5.03. The van der Waals surface area contributed by atoms with Crippen molar-refractivity contribution in [1.29, 1.82) is 0 Å². The Kier molecular flexibility index (Phi) is 4.25. The zero-order valence-corrected chi connectivity index (χ0v) is 12.4. The fourth-order valence-corrected chi connectivity index (χ4v) is 2.68. The summed E-state index contributed by atoms with van der Waals surface area (Å²) in [4.78, 5) is 14.4. The highest BCUT2D eigenvalue weighted by molar-refractivity contribution is 5.79. The fourth-order valence-electron chi connectivity index (χ4n) is 2.68. The Morgan fingerprint density at radius 3 is 2.74 bits per heavy atom. The van der Waals surface area contributed by atoms with Gasteiger partial charge >= 0.3 is 0 Å². The van der Waals surface area contributed by atoms with Crippen LogP contribution in [0, 0.1) is 20.8 Å². The van der Waals surface area contributed by atoms with Gasteiger partial charge in [0, 0.05) is 25.7 Å². The van der Waals surface area contributed by atoms with Crippen LogP contribution in [0.2, 0.25) is 0 Å². The number of amides is 1. The zero-order chi connectivity index (χ0) is 14.0. The van der Waals surface area contributed by atoms with Crippen molar-refractivity contribution in [1.82, 2.24) is 10.2 Å². The van der Waals surface area contributed by atoms with Gasteiger partial charge in [-0.1, -0.05) is 12.1 Å². The fraction of sp³-hybridized carbons (Fsp3) is 0.562. The quantitative estimate of drug-likeness (QED) is 0.882. The van der Waals surface area contributed by atoms with Gasteiger partial charge in [0.15, 0.2) is 0 Å². The Morgan fingerprint density at radius 1 is 1.32 bits per heavy atom. The summed E-state index contributed by atoms with van der Waals surface area (Å²) in [5.74, 6) is 0.250. The lowest BCUT2D eigenvalue weighted by molar-refractivity contribution is -0.133. The lowest BCUT2D eigenvalue weighted by atomic mass is 9.96. The van der Waals surface area contributed by atoms with Crippen LogP contribution in [0.25, 0.3) is 0 Å². The lowest BCUT2D eigenvalue weighted by Crippen LogP contribution is -2.52. The molecule has 1 aliphatic heterocycles. The van der Waals surface area contributed by atoms with Crippen molar-refractivity contribution in [3.8, 4) is 0 Å². The molecule has 1 saturated heterocycles. The van der Waals surface area contributed by atoms with E-state index in [9.17, 15) is 4.79 Å². The summed E-state index contributed by atoms with van der Waals surface area (Å²) in [6.07, 6.45) is 0.525. The monoisotopic (exact) mass is 260 g/mol. The van der Waals surface area contributed by atoms with Crippen LogP contribution in [0.15, 0.2) is 12.1 Å². The molecule has 1 N–H and O–H groups in total. The van der Waals surface area contributed by atoms with Crippen LogP contribution in [-0.4, -0.2) is 36.5 Å². The summed E-state index contributed by atoms with van der Waals surface area (Å²) in [6, 6.07) is 4.52. The van der Waals surface area contributed by atoms with E-state index in [4.69, 9.17) is 0 Å². The molecule has 0 radical (unpaired) electrons. The average Bonchev–Trinajstić information content (AvgIpc) is 2.40. The number of nitrogens with one attached hydrogen (secondary N) is 1. The lowest BCUT2D eigenvalue weighted by Gasteiger charge is -2.34. The van der Waals surface area contributed by atoms with Crippen molar-refractivity contribution in [2.75, 3.05) is 19.6 Å². The summed E-state index contributed by atoms with van der Waals surface area (Å²) in [5, 5.41) is 3.32. The van der Waals surface area contributed by atoms with Gasteiger partial charge in [0.05, 0.1) is 6.42 Å². The molecule has 0 aromatic heterocycles. The number of rotatable bonds is 2. The largest absolute Gasteiger partial charge is 0.337 e. The first-order valence-corrected chi connectivity index (χ1v) is 7.06. The Morgan fingerprint density at radius 2 is 2.05 bits per heavy atom. The molecule has 3 heteroatoms. The second kappa shape index (κ2) is 5.74. The van der Waals surface area contributed by atoms with Crippen molar-refractivity contribution in [3.63, 3.8) is 0 Å². The third-order valence-electron chi connectivity index (χ3n) is 4.33. The minimum Gasteiger partial charge on any atom is -0.337 e. The van der Waals surface area contributed by atoms with E-state index in [0.29, 0.717) is 12.5 Å². The minimum absolute atomic E-state index is 0.250. The number of nitrogens with zero attached hydrogens (tertiary/aromatic N) is 1. The molecule has 1 fully saturated rings. The molecule has 1 aromatic carbocycles. The maximum Gasteiger partial charge on any atom is 0.227 e. The van der Waals surface area contributed by atoms with Gasteiger partial charge in [0.25, 0.3) is 0 Å². The van der Waals surface area contributed by atoms with Gasteiger partial charge < -0.3 is 10.2 Å². The van der Waals surface area contributed by atoms with Crippen LogP contribution in [0.5, 0.6) is 0 Å². The van der Waals surface area contributed by atoms with E-state index in [1.165, 1.54) is 22.3 Å². The van der Waals surface area contributed by atoms with Crippen LogP contribution >= 0.6 is 0 Å². The summed E-state index contributed by atoms with van der Waals surface area (Å²) in [6.45, 7) is 11.1. The molecular formula is C16H24N2O. The third-order valence-corrected chi connectivity index (χ3v) is 4.33. The van der Waals surface area contributed by atoms with E-state index in [1.54, 1.807) is 0 Å². The highest BCUT2D eigenvalue weighted by Crippen LogP contribution is 2.18. The van der Waals surface area contributed by atoms with Gasteiger partial charge in [-0.25, -0.2) is 0 Å². The first kappa shape index (κ1) is 14.1. The zero-order valence-electron chi connectivity index (χ0n) is 12.4. The number of carbonyl (C=O) groups excluding carboxylic acids is 1. The molecule has 1 aromatic rings. The number of piperazine rings is 1. The molecule has 3 nitrogen and oxygen atoms in total. The Labute approximate surface area is 116 Å². The van der Waals surface area contributed by atoms with Crippen LogP contribution in [0.4, 0.5) is 0 Å². The van der Waals surface area contributed by atoms with Crippen molar-refractivity contribution in [3.05, 3.63) is 34.4 Å². The molecule has 19 heavy (non-hydrogen) atoms.